The standard InChI is InChI=1S/C29H41N3O2.C2H2O4/c1-4-34-28-10-6-5-9-27(28)31-20-18-30(19-21-31)16-7-8-24-11-13-26-25(22-24)12-14-29(33)32(26)17-15-23(2)3;3-1(4)2(5)6/h5-6,9-11,13,22-23H,4,7-8,12,14-21H2,1-3H3;(H,3,4)(H,5,6). The summed E-state index contributed by atoms with van der Waals surface area (Å²) in [5.41, 5.74) is 5.12. The van der Waals surface area contributed by atoms with Crippen molar-refractivity contribution in [2.45, 2.75) is 52.9 Å². The highest BCUT2D eigenvalue weighted by Gasteiger charge is 2.24. The number of nitrogens with zero attached hydrogens (tertiary/aromatic N) is 3. The molecule has 9 nitrogen and oxygen atoms in total. The third-order valence-electron chi connectivity index (χ3n) is 7.27. The van der Waals surface area contributed by atoms with Crippen LogP contribution in [0.3, 0.4) is 0 Å². The lowest BCUT2D eigenvalue weighted by molar-refractivity contribution is -0.159. The molecule has 1 saturated heterocycles. The minimum Gasteiger partial charge on any atom is -0.492 e. The fourth-order valence-corrected chi connectivity index (χ4v) is 5.12. The third-order valence-corrected chi connectivity index (χ3v) is 7.27. The number of ether oxygens (including phenoxy) is 1. The average molecular weight is 554 g/mol. The van der Waals surface area contributed by atoms with E-state index >= 15 is 0 Å². The van der Waals surface area contributed by atoms with E-state index in [9.17, 15) is 4.79 Å². The minimum absolute atomic E-state index is 0.281. The topological polar surface area (TPSA) is 111 Å². The van der Waals surface area contributed by atoms with Gasteiger partial charge < -0.3 is 24.7 Å². The Bertz CT molecular complexity index is 1130. The highest BCUT2D eigenvalue weighted by atomic mass is 16.5. The average Bonchev–Trinajstić information content (AvgIpc) is 2.93. The minimum atomic E-state index is -1.82. The molecule has 218 valence electrons. The zero-order valence-electron chi connectivity index (χ0n) is 24.0. The Morgan fingerprint density at radius 1 is 0.925 bits per heavy atom. The van der Waals surface area contributed by atoms with E-state index in [1.165, 1.54) is 23.2 Å². The monoisotopic (exact) mass is 553 g/mol. The van der Waals surface area contributed by atoms with Gasteiger partial charge in [0.25, 0.3) is 0 Å². The van der Waals surface area contributed by atoms with E-state index in [2.05, 4.69) is 60.0 Å². The van der Waals surface area contributed by atoms with Gasteiger partial charge >= 0.3 is 11.9 Å². The fourth-order valence-electron chi connectivity index (χ4n) is 5.12. The maximum absolute atomic E-state index is 12.5. The summed E-state index contributed by atoms with van der Waals surface area (Å²) in [7, 11) is 0. The van der Waals surface area contributed by atoms with Gasteiger partial charge in [0.15, 0.2) is 0 Å². The van der Waals surface area contributed by atoms with E-state index in [-0.39, 0.29) is 5.91 Å². The number of carboxylic acid groups (broad SMARTS) is 2. The van der Waals surface area contributed by atoms with E-state index in [1.54, 1.807) is 0 Å². The van der Waals surface area contributed by atoms with Gasteiger partial charge in [-0.1, -0.05) is 38.1 Å². The lowest BCUT2D eigenvalue weighted by Gasteiger charge is -2.36. The number of rotatable bonds is 10. The predicted octanol–water partition coefficient (Wildman–Crippen LogP) is 4.32. The smallest absolute Gasteiger partial charge is 0.414 e. The second kappa shape index (κ2) is 15.3. The van der Waals surface area contributed by atoms with Crippen LogP contribution < -0.4 is 14.5 Å². The summed E-state index contributed by atoms with van der Waals surface area (Å²) in [4.78, 5) is 37.7. The molecule has 40 heavy (non-hydrogen) atoms. The highest BCUT2D eigenvalue weighted by molar-refractivity contribution is 6.27. The van der Waals surface area contributed by atoms with Gasteiger partial charge in [-0.2, -0.15) is 0 Å². The van der Waals surface area contributed by atoms with Crippen LogP contribution in [-0.2, 0) is 27.2 Å². The first-order valence-corrected chi connectivity index (χ1v) is 14.3. The maximum atomic E-state index is 12.5. The zero-order chi connectivity index (χ0) is 29.1. The zero-order valence-corrected chi connectivity index (χ0v) is 24.0. The molecule has 2 heterocycles. The van der Waals surface area contributed by atoms with Gasteiger partial charge in [0.2, 0.25) is 5.91 Å². The Balaban J connectivity index is 0.000000663. The van der Waals surface area contributed by atoms with E-state index < -0.39 is 11.9 Å². The number of carboxylic acids is 2. The van der Waals surface area contributed by atoms with Crippen LogP contribution in [0.4, 0.5) is 11.4 Å². The van der Waals surface area contributed by atoms with Crippen LogP contribution in [0, 0.1) is 5.92 Å². The molecule has 4 rings (SSSR count). The molecule has 9 heteroatoms. The molecular formula is C31H43N3O6. The maximum Gasteiger partial charge on any atom is 0.414 e. The lowest BCUT2D eigenvalue weighted by Crippen LogP contribution is -2.46. The second-order valence-corrected chi connectivity index (χ2v) is 10.6. The Labute approximate surface area is 237 Å². The van der Waals surface area contributed by atoms with Crippen molar-refractivity contribution in [1.29, 1.82) is 0 Å². The first kappa shape index (κ1) is 30.9. The summed E-state index contributed by atoms with van der Waals surface area (Å²) < 4.78 is 5.83. The number of anilines is 2. The summed E-state index contributed by atoms with van der Waals surface area (Å²) in [6, 6.07) is 15.2. The van der Waals surface area contributed by atoms with Gasteiger partial charge in [0, 0.05) is 44.8 Å². The quantitative estimate of drug-likeness (QED) is 0.419. The number of aryl methyl sites for hydroxylation is 2. The van der Waals surface area contributed by atoms with Crippen molar-refractivity contribution >= 4 is 29.2 Å². The number of aliphatic carboxylic acids is 2. The molecule has 0 aromatic heterocycles. The van der Waals surface area contributed by atoms with E-state index in [0.717, 1.165) is 70.0 Å². The van der Waals surface area contributed by atoms with Crippen LogP contribution in [0.1, 0.15) is 51.2 Å². The lowest BCUT2D eigenvalue weighted by atomic mass is 9.96. The number of benzene rings is 2. The van der Waals surface area contributed by atoms with E-state index in [0.29, 0.717) is 18.9 Å². The van der Waals surface area contributed by atoms with Crippen LogP contribution in [0.25, 0.3) is 0 Å². The molecule has 0 unspecified atom stereocenters. The summed E-state index contributed by atoms with van der Waals surface area (Å²) in [5, 5.41) is 14.8. The number of hydrogen-bond donors (Lipinski definition) is 2. The first-order chi connectivity index (χ1) is 19.2. The van der Waals surface area contributed by atoms with Gasteiger partial charge in [-0.05, 0) is 74.4 Å². The molecule has 2 aliphatic rings. The summed E-state index contributed by atoms with van der Waals surface area (Å²) in [6.07, 6.45) is 4.85. The molecular weight excluding hydrogens is 510 g/mol. The summed E-state index contributed by atoms with van der Waals surface area (Å²) >= 11 is 0. The van der Waals surface area contributed by atoms with Crippen molar-refractivity contribution < 1.29 is 29.3 Å². The second-order valence-electron chi connectivity index (χ2n) is 10.6. The van der Waals surface area contributed by atoms with Crippen LogP contribution in [0.2, 0.25) is 0 Å². The molecule has 0 spiro atoms. The first-order valence-electron chi connectivity index (χ1n) is 14.3. The van der Waals surface area contributed by atoms with Crippen LogP contribution >= 0.6 is 0 Å². The molecule has 2 aromatic carbocycles. The van der Waals surface area contributed by atoms with Gasteiger partial charge in [-0.25, -0.2) is 9.59 Å². The number of carbonyl (C=O) groups excluding carboxylic acids is 1. The van der Waals surface area contributed by atoms with Crippen molar-refractivity contribution in [3.05, 3.63) is 53.6 Å². The fraction of sp³-hybridized carbons (Fsp3) is 0.516. The van der Waals surface area contributed by atoms with Gasteiger partial charge in [0.05, 0.1) is 12.3 Å². The third kappa shape index (κ3) is 8.98. The number of para-hydroxylation sites is 2. The Morgan fingerprint density at radius 3 is 2.27 bits per heavy atom. The van der Waals surface area contributed by atoms with Crippen LogP contribution in [0.5, 0.6) is 5.75 Å². The van der Waals surface area contributed by atoms with E-state index in [4.69, 9.17) is 24.5 Å². The van der Waals surface area contributed by atoms with Crippen LogP contribution in [0.15, 0.2) is 42.5 Å². The van der Waals surface area contributed by atoms with E-state index in [1.807, 2.05) is 17.9 Å². The molecule has 0 bridgehead atoms. The molecule has 2 N–H and O–H groups in total. The number of amides is 1. The van der Waals surface area contributed by atoms with Gasteiger partial charge in [0.1, 0.15) is 5.75 Å². The number of piperazine rings is 1. The Hall–Kier alpha value is -3.59. The highest BCUT2D eigenvalue weighted by Crippen LogP contribution is 2.30. The van der Waals surface area contributed by atoms with Crippen molar-refractivity contribution in [3.63, 3.8) is 0 Å². The molecule has 0 atom stereocenters. The molecule has 0 radical (unpaired) electrons. The summed E-state index contributed by atoms with van der Waals surface area (Å²) in [6.45, 7) is 13.4. The number of hydrogen-bond acceptors (Lipinski definition) is 6. The predicted molar refractivity (Wildman–Crippen MR) is 156 cm³/mol. The molecule has 0 saturated carbocycles. The van der Waals surface area contributed by atoms with Crippen molar-refractivity contribution in [1.82, 2.24) is 4.90 Å². The van der Waals surface area contributed by atoms with Crippen LogP contribution in [-0.4, -0.2) is 78.8 Å². The number of fused-ring (bicyclic) bond motifs is 1. The Kier molecular flexibility index (Phi) is 11.8. The largest absolute Gasteiger partial charge is 0.492 e. The van der Waals surface area contributed by atoms with Crippen molar-refractivity contribution in [2.24, 2.45) is 5.92 Å². The van der Waals surface area contributed by atoms with Gasteiger partial charge in [-0.15, -0.1) is 0 Å². The van der Waals surface area contributed by atoms with Gasteiger partial charge in [-0.3, -0.25) is 9.69 Å². The molecule has 0 aliphatic carbocycles. The molecule has 1 amide bonds. The molecule has 2 aromatic rings. The molecule has 2 aliphatic heterocycles. The van der Waals surface area contributed by atoms with Crippen molar-refractivity contribution in [3.8, 4) is 5.75 Å². The number of carbonyl (C=O) groups is 3. The Morgan fingerprint density at radius 2 is 1.62 bits per heavy atom. The molecule has 1 fully saturated rings. The normalized spacial score (nSPS) is 15.3. The summed E-state index contributed by atoms with van der Waals surface area (Å²) in [5.74, 6) is -1.76. The van der Waals surface area contributed by atoms with Crippen molar-refractivity contribution in [2.75, 3.05) is 55.7 Å². The SMILES string of the molecule is CCOc1ccccc1N1CCN(CCCc2ccc3c(c2)CCC(=O)N3CCC(C)C)CC1.O=C(O)C(=O)O.